The Bertz CT molecular complexity index is 619. The van der Waals surface area contributed by atoms with Gasteiger partial charge in [0.15, 0.2) is 0 Å². The number of carboxylic acids is 1. The van der Waals surface area contributed by atoms with Crippen molar-refractivity contribution in [3.8, 4) is 5.75 Å². The summed E-state index contributed by atoms with van der Waals surface area (Å²) >= 11 is 0. The van der Waals surface area contributed by atoms with Crippen LogP contribution in [0, 0.1) is 0 Å². The molecule has 2 rings (SSSR count). The largest absolute Gasteiger partial charge is 0.494 e. The number of aromatic carboxylic acids is 1. The van der Waals surface area contributed by atoms with E-state index in [-0.39, 0.29) is 5.56 Å². The Morgan fingerprint density at radius 2 is 1.52 bits per heavy atom. The van der Waals surface area contributed by atoms with Crippen molar-refractivity contribution in [2.75, 3.05) is 6.61 Å². The molecule has 0 aromatic heterocycles. The van der Waals surface area contributed by atoms with Crippen LogP contribution >= 0.6 is 0 Å². The highest BCUT2D eigenvalue weighted by molar-refractivity contribution is 5.87. The summed E-state index contributed by atoms with van der Waals surface area (Å²) < 4.78 is 5.48. The van der Waals surface area contributed by atoms with E-state index in [1.807, 2.05) is 24.3 Å². The zero-order valence-corrected chi connectivity index (χ0v) is 11.7. The molecular formula is C16H16N2O3. The molecule has 0 radical (unpaired) electrons. The standard InChI is InChI=1S/C16H16N2O3/c1-2-11-21-15-9-7-14(8-10-15)18-17-13-5-3-12(4-6-13)16(19)20/h3-10H,2,11H2,1H3,(H,19,20). The van der Waals surface area contributed by atoms with E-state index in [1.165, 1.54) is 12.1 Å². The average Bonchev–Trinajstić information content (AvgIpc) is 2.52. The molecule has 0 heterocycles. The Kier molecular flexibility index (Phi) is 5.04. The van der Waals surface area contributed by atoms with Gasteiger partial charge < -0.3 is 9.84 Å². The third kappa shape index (κ3) is 4.42. The van der Waals surface area contributed by atoms with Crippen molar-refractivity contribution in [3.63, 3.8) is 0 Å². The summed E-state index contributed by atoms with van der Waals surface area (Å²) in [4.78, 5) is 10.7. The van der Waals surface area contributed by atoms with E-state index in [0.717, 1.165) is 12.2 Å². The first-order valence-corrected chi connectivity index (χ1v) is 6.67. The fraction of sp³-hybridized carbons (Fsp3) is 0.188. The highest BCUT2D eigenvalue weighted by Gasteiger charge is 2.01. The number of carbonyl (C=O) groups is 1. The predicted molar refractivity (Wildman–Crippen MR) is 79.8 cm³/mol. The molecule has 0 bridgehead atoms. The number of azo groups is 1. The van der Waals surface area contributed by atoms with Crippen molar-refractivity contribution in [2.24, 2.45) is 10.2 Å². The normalized spacial score (nSPS) is 10.7. The van der Waals surface area contributed by atoms with E-state index in [9.17, 15) is 4.79 Å². The van der Waals surface area contributed by atoms with Crippen LogP contribution in [0.3, 0.4) is 0 Å². The zero-order chi connectivity index (χ0) is 15.1. The van der Waals surface area contributed by atoms with Crippen molar-refractivity contribution in [1.82, 2.24) is 0 Å². The summed E-state index contributed by atoms with van der Waals surface area (Å²) in [6.07, 6.45) is 0.966. The molecule has 5 nitrogen and oxygen atoms in total. The highest BCUT2D eigenvalue weighted by atomic mass is 16.5. The molecular weight excluding hydrogens is 268 g/mol. The van der Waals surface area contributed by atoms with Gasteiger partial charge in [0, 0.05) is 0 Å². The minimum absolute atomic E-state index is 0.228. The summed E-state index contributed by atoms with van der Waals surface area (Å²) in [6, 6.07) is 13.6. The average molecular weight is 284 g/mol. The number of carboxylic acid groups (broad SMARTS) is 1. The fourth-order valence-electron chi connectivity index (χ4n) is 1.62. The van der Waals surface area contributed by atoms with Crippen LogP contribution < -0.4 is 4.74 Å². The molecule has 5 heteroatoms. The van der Waals surface area contributed by atoms with Crippen LogP contribution in [-0.4, -0.2) is 17.7 Å². The van der Waals surface area contributed by atoms with Gasteiger partial charge >= 0.3 is 5.97 Å². The number of nitrogens with zero attached hydrogens (tertiary/aromatic N) is 2. The van der Waals surface area contributed by atoms with Gasteiger partial charge in [0.1, 0.15) is 5.75 Å². The summed E-state index contributed by atoms with van der Waals surface area (Å²) in [7, 11) is 0. The molecule has 0 fully saturated rings. The van der Waals surface area contributed by atoms with E-state index >= 15 is 0 Å². The molecule has 0 saturated carbocycles. The second-order valence-electron chi connectivity index (χ2n) is 4.39. The van der Waals surface area contributed by atoms with Crippen LogP contribution in [0.1, 0.15) is 23.7 Å². The maximum absolute atomic E-state index is 10.7. The molecule has 2 aromatic carbocycles. The second-order valence-corrected chi connectivity index (χ2v) is 4.39. The van der Waals surface area contributed by atoms with Crippen LogP contribution in [0.15, 0.2) is 58.8 Å². The van der Waals surface area contributed by atoms with E-state index in [2.05, 4.69) is 17.2 Å². The lowest BCUT2D eigenvalue weighted by Gasteiger charge is -2.03. The fourth-order valence-corrected chi connectivity index (χ4v) is 1.62. The van der Waals surface area contributed by atoms with Gasteiger partial charge in [0.25, 0.3) is 0 Å². The summed E-state index contributed by atoms with van der Waals surface area (Å²) in [5, 5.41) is 17.0. The van der Waals surface area contributed by atoms with Crippen molar-refractivity contribution in [1.29, 1.82) is 0 Å². The number of hydrogen-bond donors (Lipinski definition) is 1. The topological polar surface area (TPSA) is 71.2 Å². The van der Waals surface area contributed by atoms with Gasteiger partial charge in [-0.05, 0) is 55.0 Å². The molecule has 0 unspecified atom stereocenters. The quantitative estimate of drug-likeness (QED) is 0.788. The first-order valence-electron chi connectivity index (χ1n) is 6.67. The maximum atomic E-state index is 10.7. The lowest BCUT2D eigenvalue weighted by Crippen LogP contribution is -1.94. The van der Waals surface area contributed by atoms with Crippen LogP contribution in [0.4, 0.5) is 11.4 Å². The van der Waals surface area contributed by atoms with Crippen LogP contribution in [0.5, 0.6) is 5.75 Å². The van der Waals surface area contributed by atoms with Crippen LogP contribution in [0.2, 0.25) is 0 Å². The van der Waals surface area contributed by atoms with Gasteiger partial charge in [-0.15, -0.1) is 0 Å². The molecule has 2 aromatic rings. The van der Waals surface area contributed by atoms with Crippen molar-refractivity contribution in [3.05, 3.63) is 54.1 Å². The van der Waals surface area contributed by atoms with Gasteiger partial charge in [-0.3, -0.25) is 0 Å². The first-order chi connectivity index (χ1) is 10.2. The molecule has 21 heavy (non-hydrogen) atoms. The monoisotopic (exact) mass is 284 g/mol. The third-order valence-corrected chi connectivity index (χ3v) is 2.70. The van der Waals surface area contributed by atoms with Crippen molar-refractivity contribution < 1.29 is 14.6 Å². The number of ether oxygens (including phenoxy) is 1. The highest BCUT2D eigenvalue weighted by Crippen LogP contribution is 2.21. The van der Waals surface area contributed by atoms with E-state index in [4.69, 9.17) is 9.84 Å². The second kappa shape index (κ2) is 7.19. The SMILES string of the molecule is CCCOc1ccc(N=Nc2ccc(C(=O)O)cc2)cc1. The van der Waals surface area contributed by atoms with Crippen molar-refractivity contribution in [2.45, 2.75) is 13.3 Å². The first kappa shape index (κ1) is 14.7. The lowest BCUT2D eigenvalue weighted by molar-refractivity contribution is 0.0697. The molecule has 1 N–H and O–H groups in total. The molecule has 0 aliphatic rings. The van der Waals surface area contributed by atoms with Gasteiger partial charge in [-0.2, -0.15) is 10.2 Å². The Morgan fingerprint density at radius 1 is 1.00 bits per heavy atom. The molecule has 0 saturated heterocycles. The molecule has 0 aliphatic heterocycles. The van der Waals surface area contributed by atoms with Crippen LogP contribution in [0.25, 0.3) is 0 Å². The maximum Gasteiger partial charge on any atom is 0.335 e. The number of benzene rings is 2. The van der Waals surface area contributed by atoms with Gasteiger partial charge in [-0.25, -0.2) is 4.79 Å². The summed E-state index contributed by atoms with van der Waals surface area (Å²) in [6.45, 7) is 2.75. The summed E-state index contributed by atoms with van der Waals surface area (Å²) in [5.41, 5.74) is 1.54. The Labute approximate surface area is 122 Å². The predicted octanol–water partition coefficient (Wildman–Crippen LogP) is 4.59. The third-order valence-electron chi connectivity index (χ3n) is 2.70. The Balaban J connectivity index is 2.01. The molecule has 108 valence electrons. The molecule has 0 spiro atoms. The number of rotatable bonds is 6. The van der Waals surface area contributed by atoms with Gasteiger partial charge in [0.2, 0.25) is 0 Å². The van der Waals surface area contributed by atoms with E-state index < -0.39 is 5.97 Å². The van der Waals surface area contributed by atoms with Crippen LogP contribution in [-0.2, 0) is 0 Å². The Hall–Kier alpha value is -2.69. The van der Waals surface area contributed by atoms with E-state index in [0.29, 0.717) is 18.0 Å². The zero-order valence-electron chi connectivity index (χ0n) is 11.7. The van der Waals surface area contributed by atoms with Gasteiger partial charge in [-0.1, -0.05) is 6.92 Å². The molecule has 0 aliphatic carbocycles. The summed E-state index contributed by atoms with van der Waals surface area (Å²) in [5.74, 6) is -0.150. The minimum atomic E-state index is -0.957. The molecule has 0 atom stereocenters. The van der Waals surface area contributed by atoms with E-state index in [1.54, 1.807) is 12.1 Å². The minimum Gasteiger partial charge on any atom is -0.494 e. The molecule has 0 amide bonds. The lowest BCUT2D eigenvalue weighted by atomic mass is 10.2. The van der Waals surface area contributed by atoms with Gasteiger partial charge in [0.05, 0.1) is 23.5 Å². The smallest absolute Gasteiger partial charge is 0.335 e. The number of hydrogen-bond acceptors (Lipinski definition) is 4. The Morgan fingerprint density at radius 3 is 2.00 bits per heavy atom. The van der Waals surface area contributed by atoms with Crippen molar-refractivity contribution >= 4 is 17.3 Å².